The predicted molar refractivity (Wildman–Crippen MR) is 104 cm³/mol. The molecule has 0 saturated heterocycles. The normalized spacial score (nSPS) is 16.6. The van der Waals surface area contributed by atoms with Crippen LogP contribution in [-0.4, -0.2) is 17.5 Å². The molecule has 1 N–H and O–H groups in total. The third-order valence-electron chi connectivity index (χ3n) is 5.73. The van der Waals surface area contributed by atoms with Gasteiger partial charge in [0.2, 0.25) is 5.91 Å². The van der Waals surface area contributed by atoms with Crippen LogP contribution in [0.15, 0.2) is 42.5 Å². The number of rotatable bonds is 4. The lowest BCUT2D eigenvalue weighted by Gasteiger charge is -2.22. The molecule has 4 rings (SSSR count). The summed E-state index contributed by atoms with van der Waals surface area (Å²) in [4.78, 5) is 38.2. The molecule has 0 heterocycles. The van der Waals surface area contributed by atoms with E-state index in [0.717, 1.165) is 6.42 Å². The zero-order valence-corrected chi connectivity index (χ0v) is 15.3. The maximum atomic E-state index is 13.0. The van der Waals surface area contributed by atoms with E-state index in [9.17, 15) is 14.4 Å². The molecule has 0 aromatic heterocycles. The zero-order valence-electron chi connectivity index (χ0n) is 15.3. The number of fused-ring (bicyclic) bond motifs is 2. The number of ketones is 2. The third-order valence-corrected chi connectivity index (χ3v) is 5.73. The monoisotopic (exact) mass is 361 g/mol. The smallest absolute Gasteiger partial charge is 0.224 e. The Morgan fingerprint density at radius 2 is 1.52 bits per heavy atom. The second kappa shape index (κ2) is 7.47. The summed E-state index contributed by atoms with van der Waals surface area (Å²) in [5.74, 6) is 0.166. The average Bonchev–Trinajstić information content (AvgIpc) is 2.71. The van der Waals surface area contributed by atoms with Crippen LogP contribution in [-0.2, 0) is 4.79 Å². The highest BCUT2D eigenvalue weighted by atomic mass is 16.2. The van der Waals surface area contributed by atoms with Crippen LogP contribution >= 0.6 is 0 Å². The summed E-state index contributed by atoms with van der Waals surface area (Å²) in [6, 6.07) is 11.9. The quantitative estimate of drug-likeness (QED) is 0.729. The lowest BCUT2D eigenvalue weighted by molar-refractivity contribution is -0.116. The fraction of sp³-hybridized carbons (Fsp3) is 0.348. The first-order chi connectivity index (χ1) is 13.1. The van der Waals surface area contributed by atoms with Crippen molar-refractivity contribution in [3.8, 4) is 0 Å². The molecule has 138 valence electrons. The Morgan fingerprint density at radius 1 is 0.852 bits per heavy atom. The summed E-state index contributed by atoms with van der Waals surface area (Å²) >= 11 is 0. The van der Waals surface area contributed by atoms with E-state index < -0.39 is 0 Å². The van der Waals surface area contributed by atoms with E-state index in [4.69, 9.17) is 0 Å². The fourth-order valence-electron chi connectivity index (χ4n) is 4.27. The first-order valence-electron chi connectivity index (χ1n) is 9.76. The van der Waals surface area contributed by atoms with E-state index in [1.807, 2.05) is 0 Å². The van der Waals surface area contributed by atoms with Gasteiger partial charge in [0.15, 0.2) is 11.6 Å². The molecule has 1 fully saturated rings. The maximum Gasteiger partial charge on any atom is 0.224 e. The maximum absolute atomic E-state index is 13.0. The summed E-state index contributed by atoms with van der Waals surface area (Å²) in [5, 5.41) is 2.88. The topological polar surface area (TPSA) is 63.2 Å². The summed E-state index contributed by atoms with van der Waals surface area (Å²) in [7, 11) is 0. The highest BCUT2D eigenvalue weighted by Gasteiger charge is 2.31. The van der Waals surface area contributed by atoms with Crippen LogP contribution in [0.4, 0.5) is 5.69 Å². The van der Waals surface area contributed by atoms with Crippen molar-refractivity contribution in [3.63, 3.8) is 0 Å². The summed E-state index contributed by atoms with van der Waals surface area (Å²) in [6.07, 6.45) is 7.57. The van der Waals surface area contributed by atoms with Gasteiger partial charge in [-0.1, -0.05) is 68.5 Å². The molecular weight excluding hydrogens is 338 g/mol. The van der Waals surface area contributed by atoms with Crippen molar-refractivity contribution in [3.05, 3.63) is 64.7 Å². The summed E-state index contributed by atoms with van der Waals surface area (Å²) in [5.41, 5.74) is 1.94. The Labute approximate surface area is 159 Å². The average molecular weight is 361 g/mol. The predicted octanol–water partition coefficient (Wildman–Crippen LogP) is 4.76. The summed E-state index contributed by atoms with van der Waals surface area (Å²) in [6.45, 7) is 0. The van der Waals surface area contributed by atoms with Crippen molar-refractivity contribution in [1.29, 1.82) is 0 Å². The molecule has 0 atom stereocenters. The molecule has 1 saturated carbocycles. The molecule has 4 nitrogen and oxygen atoms in total. The first kappa shape index (κ1) is 17.7. The van der Waals surface area contributed by atoms with Crippen LogP contribution in [0.25, 0.3) is 0 Å². The molecule has 0 radical (unpaired) electrons. The van der Waals surface area contributed by atoms with Gasteiger partial charge in [0.1, 0.15) is 0 Å². The van der Waals surface area contributed by atoms with E-state index in [-0.39, 0.29) is 17.5 Å². The minimum absolute atomic E-state index is 0.0897. The molecule has 2 aromatic rings. The molecule has 1 amide bonds. The summed E-state index contributed by atoms with van der Waals surface area (Å²) < 4.78 is 0. The minimum Gasteiger partial charge on any atom is -0.325 e. The van der Waals surface area contributed by atoms with Gasteiger partial charge in [-0.15, -0.1) is 0 Å². The van der Waals surface area contributed by atoms with Gasteiger partial charge in [0.25, 0.3) is 0 Å². The molecule has 2 aliphatic carbocycles. The largest absolute Gasteiger partial charge is 0.325 e. The van der Waals surface area contributed by atoms with Gasteiger partial charge in [-0.3, -0.25) is 14.4 Å². The van der Waals surface area contributed by atoms with E-state index in [0.29, 0.717) is 40.3 Å². The van der Waals surface area contributed by atoms with Crippen LogP contribution in [0.2, 0.25) is 0 Å². The van der Waals surface area contributed by atoms with Crippen molar-refractivity contribution < 1.29 is 14.4 Å². The third kappa shape index (κ3) is 3.44. The molecule has 4 heteroatoms. The van der Waals surface area contributed by atoms with Crippen molar-refractivity contribution >= 4 is 23.2 Å². The van der Waals surface area contributed by atoms with E-state index in [2.05, 4.69) is 5.32 Å². The first-order valence-corrected chi connectivity index (χ1v) is 9.76. The Balaban J connectivity index is 1.54. The number of carbonyl (C=O) groups is 3. The fourth-order valence-corrected chi connectivity index (χ4v) is 4.27. The van der Waals surface area contributed by atoms with Crippen LogP contribution < -0.4 is 5.32 Å². The van der Waals surface area contributed by atoms with Gasteiger partial charge in [0, 0.05) is 23.1 Å². The number of amides is 1. The number of carbonyl (C=O) groups excluding carboxylic acids is 3. The van der Waals surface area contributed by atoms with Gasteiger partial charge in [-0.25, -0.2) is 0 Å². The number of hydrogen-bond acceptors (Lipinski definition) is 3. The second-order valence-corrected chi connectivity index (χ2v) is 7.52. The van der Waals surface area contributed by atoms with Gasteiger partial charge in [0.05, 0.1) is 11.3 Å². The molecule has 0 bridgehead atoms. The SMILES string of the molecule is O=C(CCC1CCCCC1)Nc1cccc2c1C(=O)c1ccccc1C2=O. The van der Waals surface area contributed by atoms with Gasteiger partial charge < -0.3 is 5.32 Å². The van der Waals surface area contributed by atoms with Crippen LogP contribution in [0.5, 0.6) is 0 Å². The zero-order chi connectivity index (χ0) is 18.8. The molecule has 2 aromatic carbocycles. The standard InChI is InChI=1S/C23H23NO3/c25-20(14-13-15-7-2-1-3-8-15)24-19-12-6-11-18-21(19)23(27)17-10-5-4-9-16(17)22(18)26/h4-6,9-12,15H,1-3,7-8,13-14H2,(H,24,25). The van der Waals surface area contributed by atoms with Gasteiger partial charge >= 0.3 is 0 Å². The molecule has 0 unspecified atom stereocenters. The van der Waals surface area contributed by atoms with Gasteiger partial charge in [-0.2, -0.15) is 0 Å². The lowest BCUT2D eigenvalue weighted by Crippen LogP contribution is -2.24. The highest BCUT2D eigenvalue weighted by Crippen LogP contribution is 2.32. The molecular formula is C23H23NO3. The van der Waals surface area contributed by atoms with Crippen molar-refractivity contribution in [2.75, 3.05) is 5.32 Å². The van der Waals surface area contributed by atoms with Crippen LogP contribution in [0.1, 0.15) is 76.8 Å². The lowest BCUT2D eigenvalue weighted by atomic mass is 9.83. The van der Waals surface area contributed by atoms with Crippen LogP contribution in [0.3, 0.4) is 0 Å². The molecule has 0 aliphatic heterocycles. The van der Waals surface area contributed by atoms with E-state index in [1.165, 1.54) is 32.1 Å². The van der Waals surface area contributed by atoms with Crippen molar-refractivity contribution in [2.45, 2.75) is 44.9 Å². The van der Waals surface area contributed by atoms with E-state index in [1.54, 1.807) is 42.5 Å². The Morgan fingerprint density at radius 3 is 2.26 bits per heavy atom. The molecule has 2 aliphatic rings. The van der Waals surface area contributed by atoms with E-state index >= 15 is 0 Å². The van der Waals surface area contributed by atoms with Gasteiger partial charge in [-0.05, 0) is 18.4 Å². The molecule has 27 heavy (non-hydrogen) atoms. The number of hydrogen-bond donors (Lipinski definition) is 1. The minimum atomic E-state index is -0.205. The van der Waals surface area contributed by atoms with Crippen molar-refractivity contribution in [1.82, 2.24) is 0 Å². The Bertz CT molecular complexity index is 910. The Hall–Kier alpha value is -2.75. The molecule has 0 spiro atoms. The Kier molecular flexibility index (Phi) is 4.88. The van der Waals surface area contributed by atoms with Crippen LogP contribution in [0, 0.1) is 5.92 Å². The van der Waals surface area contributed by atoms with Crippen molar-refractivity contribution in [2.24, 2.45) is 5.92 Å². The number of benzene rings is 2. The number of anilines is 1. The highest BCUT2D eigenvalue weighted by molar-refractivity contribution is 6.30. The second-order valence-electron chi connectivity index (χ2n) is 7.52. The number of nitrogens with one attached hydrogen (secondary N) is 1.